The van der Waals surface area contributed by atoms with Gasteiger partial charge in [-0.15, -0.1) is 0 Å². The molecule has 1 aliphatic rings. The lowest BCUT2D eigenvalue weighted by Gasteiger charge is -2.22. The fourth-order valence-corrected chi connectivity index (χ4v) is 5.87. The zero-order valence-corrected chi connectivity index (χ0v) is 22.3. The van der Waals surface area contributed by atoms with Crippen LogP contribution in [0.2, 0.25) is 0 Å². The summed E-state index contributed by atoms with van der Waals surface area (Å²) in [4.78, 5) is 34.5. The number of amides is 1. The van der Waals surface area contributed by atoms with E-state index in [9.17, 15) is 28.1 Å². The zero-order valence-electron chi connectivity index (χ0n) is 21.5. The maximum atomic E-state index is 13.7. The van der Waals surface area contributed by atoms with Gasteiger partial charge in [-0.25, -0.2) is 13.2 Å². The highest BCUT2D eigenvalue weighted by molar-refractivity contribution is 7.93. The van der Waals surface area contributed by atoms with Crippen LogP contribution in [0.1, 0.15) is 11.1 Å². The Labute approximate surface area is 230 Å². The highest BCUT2D eigenvalue weighted by atomic mass is 32.2. The van der Waals surface area contributed by atoms with E-state index in [-0.39, 0.29) is 34.3 Å². The number of sulfonamides is 1. The zero-order chi connectivity index (χ0) is 28.9. The molecule has 0 saturated carbocycles. The number of para-hydroxylation sites is 1. The van der Waals surface area contributed by atoms with Crippen LogP contribution in [0.25, 0.3) is 6.08 Å². The van der Waals surface area contributed by atoms with Crippen molar-refractivity contribution in [3.8, 4) is 11.5 Å². The summed E-state index contributed by atoms with van der Waals surface area (Å²) < 4.78 is 44.4. The minimum atomic E-state index is -4.07. The van der Waals surface area contributed by atoms with Crippen LogP contribution in [0.3, 0.4) is 0 Å². The number of hydrogen-bond acceptors (Lipinski definition) is 9. The minimum absolute atomic E-state index is 0.0180. The molecule has 3 aromatic rings. The molecular formula is C27H25N3O9S. The minimum Gasteiger partial charge on any atom is -0.493 e. The normalized spacial score (nSPS) is 12.6. The monoisotopic (exact) mass is 567 g/mol. The average Bonchev–Trinajstić information content (AvgIpc) is 3.39. The van der Waals surface area contributed by atoms with Gasteiger partial charge in [-0.3, -0.25) is 19.2 Å². The fraction of sp³-hybridized carbons (Fsp3) is 0.185. The predicted octanol–water partition coefficient (Wildman–Crippen LogP) is 3.56. The first-order valence-corrected chi connectivity index (χ1v) is 13.3. The lowest BCUT2D eigenvalue weighted by Crippen LogP contribution is -2.29. The molecule has 12 nitrogen and oxygen atoms in total. The molecule has 0 spiro atoms. The molecule has 4 rings (SSSR count). The quantitative estimate of drug-likeness (QED) is 0.168. The van der Waals surface area contributed by atoms with Crippen molar-refractivity contribution in [2.75, 3.05) is 37.0 Å². The van der Waals surface area contributed by atoms with Gasteiger partial charge in [-0.05, 0) is 47.9 Å². The Balaban J connectivity index is 1.50. The van der Waals surface area contributed by atoms with E-state index in [1.165, 1.54) is 61.0 Å². The molecule has 13 heteroatoms. The number of hydrogen-bond donors (Lipinski definition) is 1. The number of fused-ring (bicyclic) bond motifs is 1. The van der Waals surface area contributed by atoms with Crippen LogP contribution in [-0.2, 0) is 30.8 Å². The van der Waals surface area contributed by atoms with Gasteiger partial charge >= 0.3 is 5.97 Å². The molecule has 1 aliphatic heterocycles. The Bertz CT molecular complexity index is 1600. The van der Waals surface area contributed by atoms with Gasteiger partial charge in [0.1, 0.15) is 4.90 Å². The smallest absolute Gasteiger partial charge is 0.331 e. The molecule has 0 bridgehead atoms. The van der Waals surface area contributed by atoms with Crippen LogP contribution >= 0.6 is 0 Å². The van der Waals surface area contributed by atoms with Crippen molar-refractivity contribution in [1.29, 1.82) is 0 Å². The number of nitrogens with one attached hydrogen (secondary N) is 1. The molecule has 40 heavy (non-hydrogen) atoms. The molecule has 208 valence electrons. The lowest BCUT2D eigenvalue weighted by molar-refractivity contribution is -0.384. The van der Waals surface area contributed by atoms with Gasteiger partial charge in [-0.2, -0.15) is 0 Å². The Hall–Kier alpha value is -4.91. The van der Waals surface area contributed by atoms with Gasteiger partial charge in [0.15, 0.2) is 18.1 Å². The summed E-state index contributed by atoms with van der Waals surface area (Å²) in [7, 11) is -1.37. The fourth-order valence-electron chi connectivity index (χ4n) is 4.16. The molecule has 0 unspecified atom stereocenters. The predicted molar refractivity (Wildman–Crippen MR) is 146 cm³/mol. The van der Waals surface area contributed by atoms with Crippen molar-refractivity contribution in [3.63, 3.8) is 0 Å². The number of non-ortho nitro benzene ring substituents is 1. The van der Waals surface area contributed by atoms with Crippen molar-refractivity contribution in [2.24, 2.45) is 0 Å². The van der Waals surface area contributed by atoms with E-state index in [0.29, 0.717) is 17.7 Å². The van der Waals surface area contributed by atoms with E-state index < -0.39 is 33.4 Å². The molecule has 0 saturated heterocycles. The first-order valence-electron chi connectivity index (χ1n) is 11.9. The number of benzene rings is 3. The number of rotatable bonds is 10. The van der Waals surface area contributed by atoms with E-state index in [4.69, 9.17) is 14.2 Å². The highest BCUT2D eigenvalue weighted by Gasteiger charge is 2.34. The number of ether oxygens (including phenoxy) is 3. The molecule has 3 aromatic carbocycles. The van der Waals surface area contributed by atoms with Crippen molar-refractivity contribution in [1.82, 2.24) is 0 Å². The van der Waals surface area contributed by atoms with Gasteiger partial charge in [0.25, 0.3) is 21.6 Å². The first kappa shape index (κ1) is 28.1. The number of methoxy groups -OCH3 is 2. The van der Waals surface area contributed by atoms with Crippen LogP contribution in [0.5, 0.6) is 11.5 Å². The summed E-state index contributed by atoms with van der Waals surface area (Å²) in [6.07, 6.45) is 2.91. The van der Waals surface area contributed by atoms with E-state index in [1.807, 2.05) is 12.1 Å². The molecule has 1 amide bonds. The van der Waals surface area contributed by atoms with Crippen LogP contribution in [0.15, 0.2) is 71.6 Å². The molecule has 1 heterocycles. The van der Waals surface area contributed by atoms with Crippen LogP contribution in [-0.4, -0.2) is 52.6 Å². The summed E-state index contributed by atoms with van der Waals surface area (Å²) in [5.41, 5.74) is 1.76. The summed E-state index contributed by atoms with van der Waals surface area (Å²) in [6.45, 7) is -0.385. The van der Waals surface area contributed by atoms with Crippen LogP contribution < -0.4 is 19.1 Å². The molecule has 0 atom stereocenters. The number of nitro benzene ring substituents is 1. The SMILES string of the molecule is COc1cc(C=CC(=O)OCC(=O)Nc2cccc([N+](=O)[O-])c2)cc(S(=O)(=O)N2CCc3ccccc32)c1OC. The Morgan fingerprint density at radius 1 is 1.07 bits per heavy atom. The highest BCUT2D eigenvalue weighted by Crippen LogP contribution is 2.40. The molecule has 0 aromatic heterocycles. The van der Waals surface area contributed by atoms with E-state index in [1.54, 1.807) is 12.1 Å². The molecule has 0 radical (unpaired) electrons. The number of nitrogens with zero attached hydrogens (tertiary/aromatic N) is 2. The third kappa shape index (κ3) is 6.04. The molecular weight excluding hydrogens is 542 g/mol. The maximum Gasteiger partial charge on any atom is 0.331 e. The number of esters is 1. The average molecular weight is 568 g/mol. The summed E-state index contributed by atoms with van der Waals surface area (Å²) >= 11 is 0. The maximum absolute atomic E-state index is 13.7. The number of carbonyl (C=O) groups is 2. The molecule has 0 fully saturated rings. The third-order valence-corrected chi connectivity index (χ3v) is 7.80. The van der Waals surface area contributed by atoms with Crippen LogP contribution in [0.4, 0.5) is 17.1 Å². The Morgan fingerprint density at radius 3 is 2.58 bits per heavy atom. The first-order chi connectivity index (χ1) is 19.1. The standard InChI is InChI=1S/C27H25N3O9S/c1-37-23-14-18(10-11-26(32)39-17-25(31)28-20-7-5-8-21(16-20)30(33)34)15-24(27(23)38-2)40(35,36)29-13-12-19-6-3-4-9-22(19)29/h3-11,14-16H,12-13,17H2,1-2H3,(H,28,31). The van der Waals surface area contributed by atoms with Crippen molar-refractivity contribution < 1.29 is 37.1 Å². The van der Waals surface area contributed by atoms with Crippen molar-refractivity contribution in [3.05, 3.63) is 88.0 Å². The largest absolute Gasteiger partial charge is 0.493 e. The Kier molecular flexibility index (Phi) is 8.34. The van der Waals surface area contributed by atoms with Gasteiger partial charge in [0.05, 0.1) is 24.8 Å². The summed E-state index contributed by atoms with van der Waals surface area (Å²) in [5.74, 6) is -1.42. The Morgan fingerprint density at radius 2 is 1.85 bits per heavy atom. The van der Waals surface area contributed by atoms with Crippen molar-refractivity contribution >= 4 is 45.0 Å². The third-order valence-electron chi connectivity index (χ3n) is 5.98. The second kappa shape index (κ2) is 11.9. The second-order valence-electron chi connectivity index (χ2n) is 8.51. The summed E-state index contributed by atoms with van der Waals surface area (Å²) in [5, 5.41) is 13.3. The van der Waals surface area contributed by atoms with E-state index >= 15 is 0 Å². The van der Waals surface area contributed by atoms with Crippen molar-refractivity contribution in [2.45, 2.75) is 11.3 Å². The van der Waals surface area contributed by atoms with Gasteiger partial charge in [0, 0.05) is 30.4 Å². The second-order valence-corrected chi connectivity index (χ2v) is 10.3. The van der Waals surface area contributed by atoms with Gasteiger partial charge < -0.3 is 19.5 Å². The number of nitro groups is 1. The summed E-state index contributed by atoms with van der Waals surface area (Å²) in [6, 6.07) is 15.4. The molecule has 0 aliphatic carbocycles. The van der Waals surface area contributed by atoms with Gasteiger partial charge in [-0.1, -0.05) is 24.3 Å². The van der Waals surface area contributed by atoms with Gasteiger partial charge in [0.2, 0.25) is 0 Å². The number of carbonyl (C=O) groups excluding carboxylic acids is 2. The van der Waals surface area contributed by atoms with E-state index in [2.05, 4.69) is 5.32 Å². The van der Waals surface area contributed by atoms with E-state index in [0.717, 1.165) is 11.6 Å². The number of anilines is 2. The topological polar surface area (TPSA) is 154 Å². The lowest BCUT2D eigenvalue weighted by atomic mass is 10.2. The van der Waals surface area contributed by atoms with Crippen LogP contribution in [0, 0.1) is 10.1 Å². The molecule has 1 N–H and O–H groups in total.